The van der Waals surface area contributed by atoms with Gasteiger partial charge in [-0.15, -0.1) is 0 Å². The Morgan fingerprint density at radius 2 is 1.63 bits per heavy atom. The van der Waals surface area contributed by atoms with Gasteiger partial charge in [0, 0.05) is 23.7 Å². The summed E-state index contributed by atoms with van der Waals surface area (Å²) in [6.45, 7) is 4.15. The van der Waals surface area contributed by atoms with Crippen molar-refractivity contribution in [3.63, 3.8) is 0 Å². The maximum Gasteiger partial charge on any atom is 0.251 e. The Morgan fingerprint density at radius 1 is 1.07 bits per heavy atom. The van der Waals surface area contributed by atoms with E-state index < -0.39 is 10.0 Å². The lowest BCUT2D eigenvalue weighted by molar-refractivity contribution is 0.0869. The van der Waals surface area contributed by atoms with E-state index in [1.54, 1.807) is 26.0 Å². The van der Waals surface area contributed by atoms with Gasteiger partial charge in [-0.25, -0.2) is 13.1 Å². The van der Waals surface area contributed by atoms with Crippen LogP contribution in [0, 0.1) is 0 Å². The van der Waals surface area contributed by atoms with E-state index in [-0.39, 0.29) is 22.4 Å². The summed E-state index contributed by atoms with van der Waals surface area (Å²) < 4.78 is 26.9. The van der Waals surface area contributed by atoms with Crippen LogP contribution >= 0.6 is 0 Å². The molecular weight excluding hydrogens is 362 g/mol. The van der Waals surface area contributed by atoms with E-state index in [1.165, 1.54) is 37.8 Å². The van der Waals surface area contributed by atoms with Crippen molar-refractivity contribution in [1.29, 1.82) is 0 Å². The summed E-state index contributed by atoms with van der Waals surface area (Å²) in [6, 6.07) is 5.92. The van der Waals surface area contributed by atoms with E-state index in [9.17, 15) is 13.2 Å². The minimum atomic E-state index is -3.54. The fourth-order valence-electron chi connectivity index (χ4n) is 3.68. The highest BCUT2D eigenvalue weighted by Crippen LogP contribution is 2.30. The van der Waals surface area contributed by atoms with Gasteiger partial charge >= 0.3 is 0 Å². The van der Waals surface area contributed by atoms with Crippen molar-refractivity contribution in [1.82, 2.24) is 14.9 Å². The number of hydrogen-bond acceptors (Lipinski definition) is 4. The molecular formula is C20H33N3O3S. The number of benzene rings is 1. The quantitative estimate of drug-likeness (QED) is 0.696. The molecule has 27 heavy (non-hydrogen) atoms. The molecule has 1 aromatic rings. The molecule has 1 aliphatic rings. The van der Waals surface area contributed by atoms with Crippen LogP contribution in [0.2, 0.25) is 0 Å². The van der Waals surface area contributed by atoms with E-state index in [4.69, 9.17) is 0 Å². The fourth-order valence-corrected chi connectivity index (χ4v) is 4.93. The standard InChI is InChI=1S/C20H33N3O3S/c1-16(2)22-27(25,26)18-11-9-17(10-12-18)19(24)21-15-20(23(3)4)13-7-5-6-8-14-20/h9-12,16,22H,5-8,13-15H2,1-4H3,(H,21,24). The third-order valence-electron chi connectivity index (χ3n) is 5.38. The Labute approximate surface area is 163 Å². The summed E-state index contributed by atoms with van der Waals surface area (Å²) in [4.78, 5) is 15.0. The van der Waals surface area contributed by atoms with Crippen molar-refractivity contribution in [2.45, 2.75) is 68.8 Å². The van der Waals surface area contributed by atoms with Crippen molar-refractivity contribution in [2.75, 3.05) is 20.6 Å². The summed E-state index contributed by atoms with van der Waals surface area (Å²) in [5.74, 6) is -0.166. The molecule has 0 aliphatic heterocycles. The molecule has 1 aliphatic carbocycles. The predicted octanol–water partition coefficient (Wildman–Crippen LogP) is 2.76. The van der Waals surface area contributed by atoms with Crippen LogP contribution in [0.3, 0.4) is 0 Å². The molecule has 1 amide bonds. The topological polar surface area (TPSA) is 78.5 Å². The van der Waals surface area contributed by atoms with Crippen LogP contribution in [0.1, 0.15) is 62.7 Å². The predicted molar refractivity (Wildman–Crippen MR) is 108 cm³/mol. The molecule has 2 N–H and O–H groups in total. The normalized spacial score (nSPS) is 17.7. The van der Waals surface area contributed by atoms with Gasteiger partial charge < -0.3 is 10.2 Å². The zero-order valence-electron chi connectivity index (χ0n) is 16.9. The first-order valence-electron chi connectivity index (χ1n) is 9.74. The van der Waals surface area contributed by atoms with Gasteiger partial charge in [0.05, 0.1) is 4.90 Å². The molecule has 1 aromatic carbocycles. The van der Waals surface area contributed by atoms with Crippen molar-refractivity contribution in [3.8, 4) is 0 Å². The van der Waals surface area contributed by atoms with Crippen LogP contribution < -0.4 is 10.0 Å². The molecule has 0 aromatic heterocycles. The van der Waals surface area contributed by atoms with Crippen LogP contribution in [0.15, 0.2) is 29.2 Å². The van der Waals surface area contributed by atoms with Gasteiger partial charge in [0.1, 0.15) is 0 Å². The third-order valence-corrected chi connectivity index (χ3v) is 7.05. The number of likely N-dealkylation sites (N-methyl/N-ethyl adjacent to an activating group) is 1. The molecule has 6 nitrogen and oxygen atoms in total. The first kappa shape index (κ1) is 21.9. The minimum Gasteiger partial charge on any atom is -0.350 e. The number of nitrogens with zero attached hydrogens (tertiary/aromatic N) is 1. The van der Waals surface area contributed by atoms with Crippen molar-refractivity contribution in [3.05, 3.63) is 29.8 Å². The summed E-state index contributed by atoms with van der Waals surface area (Å²) in [6.07, 6.45) is 7.04. The first-order chi connectivity index (χ1) is 12.7. The van der Waals surface area contributed by atoms with Crippen LogP contribution in [0.4, 0.5) is 0 Å². The molecule has 0 unspecified atom stereocenters. The third kappa shape index (κ3) is 5.77. The van der Waals surface area contributed by atoms with Gasteiger partial charge in [-0.2, -0.15) is 0 Å². The molecule has 0 heterocycles. The number of sulfonamides is 1. The monoisotopic (exact) mass is 395 g/mol. The van der Waals surface area contributed by atoms with E-state index in [1.807, 2.05) is 0 Å². The molecule has 1 saturated carbocycles. The number of amides is 1. The molecule has 0 bridgehead atoms. The van der Waals surface area contributed by atoms with Crippen LogP contribution in [-0.2, 0) is 10.0 Å². The highest BCUT2D eigenvalue weighted by atomic mass is 32.2. The van der Waals surface area contributed by atoms with Crippen LogP contribution in [0.5, 0.6) is 0 Å². The van der Waals surface area contributed by atoms with E-state index in [0.717, 1.165) is 12.8 Å². The van der Waals surface area contributed by atoms with Crippen LogP contribution in [0.25, 0.3) is 0 Å². The Bertz CT molecular complexity index is 719. The molecule has 0 atom stereocenters. The molecule has 0 saturated heterocycles. The molecule has 0 radical (unpaired) electrons. The van der Waals surface area contributed by atoms with E-state index in [2.05, 4.69) is 29.0 Å². The van der Waals surface area contributed by atoms with Gasteiger partial charge in [-0.3, -0.25) is 4.79 Å². The Kier molecular flexibility index (Phi) is 7.42. The molecule has 1 fully saturated rings. The summed E-state index contributed by atoms with van der Waals surface area (Å²) in [5, 5.41) is 3.06. The maximum atomic E-state index is 12.6. The highest BCUT2D eigenvalue weighted by molar-refractivity contribution is 7.89. The van der Waals surface area contributed by atoms with Crippen molar-refractivity contribution < 1.29 is 13.2 Å². The van der Waals surface area contributed by atoms with Gasteiger partial charge in [0.25, 0.3) is 5.91 Å². The fraction of sp³-hybridized carbons (Fsp3) is 0.650. The lowest BCUT2D eigenvalue weighted by Crippen LogP contribution is -2.52. The van der Waals surface area contributed by atoms with Crippen molar-refractivity contribution >= 4 is 15.9 Å². The number of hydrogen-bond donors (Lipinski definition) is 2. The summed E-state index contributed by atoms with van der Waals surface area (Å²) in [7, 11) is 0.620. The SMILES string of the molecule is CC(C)NS(=O)(=O)c1ccc(C(=O)NCC2(N(C)C)CCCCCC2)cc1. The van der Waals surface area contributed by atoms with Crippen molar-refractivity contribution in [2.24, 2.45) is 0 Å². The Hall–Kier alpha value is -1.44. The Morgan fingerprint density at radius 3 is 2.11 bits per heavy atom. The lowest BCUT2D eigenvalue weighted by atomic mass is 9.88. The van der Waals surface area contributed by atoms with Crippen LogP contribution in [-0.4, -0.2) is 51.4 Å². The number of rotatable bonds is 7. The molecule has 2 rings (SSSR count). The smallest absolute Gasteiger partial charge is 0.251 e. The molecule has 7 heteroatoms. The number of carbonyl (C=O) groups excluding carboxylic acids is 1. The Balaban J connectivity index is 2.05. The maximum absolute atomic E-state index is 12.6. The van der Waals surface area contributed by atoms with Gasteiger partial charge in [0.2, 0.25) is 10.0 Å². The van der Waals surface area contributed by atoms with E-state index in [0.29, 0.717) is 12.1 Å². The van der Waals surface area contributed by atoms with Gasteiger partial charge in [-0.1, -0.05) is 25.7 Å². The highest BCUT2D eigenvalue weighted by Gasteiger charge is 2.33. The summed E-state index contributed by atoms with van der Waals surface area (Å²) >= 11 is 0. The largest absolute Gasteiger partial charge is 0.350 e. The minimum absolute atomic E-state index is 0.00335. The zero-order chi connectivity index (χ0) is 20.1. The second-order valence-corrected chi connectivity index (χ2v) is 9.73. The van der Waals surface area contributed by atoms with Gasteiger partial charge in [-0.05, 0) is 65.0 Å². The number of carbonyl (C=O) groups is 1. The summed E-state index contributed by atoms with van der Waals surface area (Å²) in [5.41, 5.74) is 0.470. The second kappa shape index (κ2) is 9.17. The zero-order valence-corrected chi connectivity index (χ0v) is 17.7. The average molecular weight is 396 g/mol. The molecule has 0 spiro atoms. The second-order valence-electron chi connectivity index (χ2n) is 8.02. The molecule has 152 valence electrons. The first-order valence-corrected chi connectivity index (χ1v) is 11.2. The van der Waals surface area contributed by atoms with E-state index >= 15 is 0 Å². The number of nitrogens with one attached hydrogen (secondary N) is 2. The average Bonchev–Trinajstić information content (AvgIpc) is 2.85. The lowest BCUT2D eigenvalue weighted by Gasteiger charge is -2.39. The van der Waals surface area contributed by atoms with Gasteiger partial charge in [0.15, 0.2) is 0 Å².